The van der Waals surface area contributed by atoms with Crippen molar-refractivity contribution in [3.05, 3.63) is 23.9 Å². The third-order valence-electron chi connectivity index (χ3n) is 4.72. The number of methoxy groups -OCH3 is 3. The van der Waals surface area contributed by atoms with Crippen LogP contribution < -0.4 is 5.32 Å². The average Bonchev–Trinajstić information content (AvgIpc) is 2.66. The van der Waals surface area contributed by atoms with Crippen molar-refractivity contribution in [3.63, 3.8) is 0 Å². The molecule has 0 saturated heterocycles. The number of carbonyl (C=O) groups is 1. The number of hydrogen-bond donors (Lipinski definition) is 1. The standard InChI is InChI=1S/C22H41NO4/c1-7-8-9-10-11-12-13-15-19(20(25-4)22(26-5)27-6)16-14-17-23-21(24)18(2)3/h19H,2,7-17H2,1,3-6H3,(H,23,24). The first-order chi connectivity index (χ1) is 13.0. The van der Waals surface area contributed by atoms with Crippen LogP contribution in [0.15, 0.2) is 23.9 Å². The minimum Gasteiger partial charge on any atom is -0.494 e. The predicted octanol–water partition coefficient (Wildman–Crippen LogP) is 5.32. The summed E-state index contributed by atoms with van der Waals surface area (Å²) >= 11 is 0. The fourth-order valence-electron chi connectivity index (χ4n) is 3.16. The molecule has 0 spiro atoms. The summed E-state index contributed by atoms with van der Waals surface area (Å²) in [6, 6.07) is 0. The smallest absolute Gasteiger partial charge is 0.318 e. The Kier molecular flexibility index (Phi) is 15.5. The Morgan fingerprint density at radius 2 is 1.44 bits per heavy atom. The molecule has 0 saturated carbocycles. The van der Waals surface area contributed by atoms with Gasteiger partial charge in [-0.3, -0.25) is 4.79 Å². The van der Waals surface area contributed by atoms with Crippen LogP contribution in [0.3, 0.4) is 0 Å². The van der Waals surface area contributed by atoms with Crippen molar-refractivity contribution in [3.8, 4) is 0 Å². The average molecular weight is 384 g/mol. The lowest BCUT2D eigenvalue weighted by molar-refractivity contribution is -0.117. The van der Waals surface area contributed by atoms with Crippen LogP contribution in [0.4, 0.5) is 0 Å². The molecule has 27 heavy (non-hydrogen) atoms. The summed E-state index contributed by atoms with van der Waals surface area (Å²) < 4.78 is 16.3. The summed E-state index contributed by atoms with van der Waals surface area (Å²) in [6.07, 6.45) is 11.8. The molecule has 0 aliphatic rings. The molecule has 0 fully saturated rings. The first-order valence-corrected chi connectivity index (χ1v) is 10.3. The summed E-state index contributed by atoms with van der Waals surface area (Å²) in [5.74, 6) is 1.34. The maximum absolute atomic E-state index is 11.6. The molecule has 0 aromatic heterocycles. The molecule has 5 nitrogen and oxygen atoms in total. The minimum atomic E-state index is -0.0874. The van der Waals surface area contributed by atoms with Crippen LogP contribution >= 0.6 is 0 Å². The van der Waals surface area contributed by atoms with Gasteiger partial charge < -0.3 is 19.5 Å². The van der Waals surface area contributed by atoms with Gasteiger partial charge in [0.15, 0.2) is 5.76 Å². The molecular weight excluding hydrogens is 342 g/mol. The molecule has 0 aliphatic heterocycles. The van der Waals surface area contributed by atoms with Gasteiger partial charge in [-0.15, -0.1) is 0 Å². The fourth-order valence-corrected chi connectivity index (χ4v) is 3.16. The van der Waals surface area contributed by atoms with E-state index in [0.29, 0.717) is 18.1 Å². The maximum atomic E-state index is 11.6. The van der Waals surface area contributed by atoms with Crippen LogP contribution in [0, 0.1) is 5.92 Å². The monoisotopic (exact) mass is 383 g/mol. The van der Waals surface area contributed by atoms with Crippen molar-refractivity contribution in [2.24, 2.45) is 5.92 Å². The molecule has 0 aromatic carbocycles. The van der Waals surface area contributed by atoms with E-state index in [1.54, 1.807) is 28.3 Å². The second-order valence-corrected chi connectivity index (χ2v) is 7.05. The van der Waals surface area contributed by atoms with Crippen LogP contribution in [-0.2, 0) is 19.0 Å². The van der Waals surface area contributed by atoms with E-state index in [1.807, 2.05) is 0 Å². The van der Waals surface area contributed by atoms with Gasteiger partial charge in [-0.05, 0) is 26.2 Å². The maximum Gasteiger partial charge on any atom is 0.318 e. The van der Waals surface area contributed by atoms with Gasteiger partial charge in [0, 0.05) is 18.0 Å². The van der Waals surface area contributed by atoms with Gasteiger partial charge in [-0.25, -0.2) is 0 Å². The molecule has 0 rings (SSSR count). The normalized spacial score (nSPS) is 11.4. The lowest BCUT2D eigenvalue weighted by Gasteiger charge is -2.21. The second-order valence-electron chi connectivity index (χ2n) is 7.05. The largest absolute Gasteiger partial charge is 0.494 e. The minimum absolute atomic E-state index is 0.0874. The molecule has 0 bridgehead atoms. The van der Waals surface area contributed by atoms with Gasteiger partial charge in [-0.2, -0.15) is 0 Å². The summed E-state index contributed by atoms with van der Waals surface area (Å²) in [5, 5.41) is 2.89. The van der Waals surface area contributed by atoms with Crippen LogP contribution in [0.2, 0.25) is 0 Å². The zero-order valence-corrected chi connectivity index (χ0v) is 18.2. The summed E-state index contributed by atoms with van der Waals surface area (Å²) in [7, 11) is 4.85. The van der Waals surface area contributed by atoms with Gasteiger partial charge in [0.2, 0.25) is 5.91 Å². The Bertz CT molecular complexity index is 440. The van der Waals surface area contributed by atoms with Crippen LogP contribution in [0.5, 0.6) is 0 Å². The van der Waals surface area contributed by atoms with E-state index in [0.717, 1.165) is 31.4 Å². The topological polar surface area (TPSA) is 56.8 Å². The Morgan fingerprint density at radius 1 is 0.889 bits per heavy atom. The Labute approximate surface area is 166 Å². The lowest BCUT2D eigenvalue weighted by Crippen LogP contribution is -2.25. The zero-order chi connectivity index (χ0) is 20.5. The van der Waals surface area contributed by atoms with Crippen molar-refractivity contribution in [1.29, 1.82) is 0 Å². The molecule has 1 amide bonds. The summed E-state index contributed by atoms with van der Waals surface area (Å²) in [4.78, 5) is 11.6. The molecular formula is C22H41NO4. The molecule has 0 aromatic rings. The molecule has 1 N–H and O–H groups in total. The summed E-state index contributed by atoms with van der Waals surface area (Å²) in [5.41, 5.74) is 0.535. The van der Waals surface area contributed by atoms with Crippen molar-refractivity contribution in [2.45, 2.75) is 78.1 Å². The number of amides is 1. The molecule has 5 heteroatoms. The molecule has 0 heterocycles. The van der Waals surface area contributed by atoms with Gasteiger partial charge in [0.05, 0.1) is 21.3 Å². The highest BCUT2D eigenvalue weighted by Gasteiger charge is 2.21. The number of ether oxygens (including phenoxy) is 3. The first kappa shape index (κ1) is 25.4. The van der Waals surface area contributed by atoms with Crippen LogP contribution in [0.25, 0.3) is 0 Å². The first-order valence-electron chi connectivity index (χ1n) is 10.3. The fraction of sp³-hybridized carbons (Fsp3) is 0.773. The van der Waals surface area contributed by atoms with Gasteiger partial charge in [0.1, 0.15) is 0 Å². The van der Waals surface area contributed by atoms with Crippen molar-refractivity contribution in [1.82, 2.24) is 5.32 Å². The van der Waals surface area contributed by atoms with Crippen molar-refractivity contribution in [2.75, 3.05) is 27.9 Å². The third-order valence-corrected chi connectivity index (χ3v) is 4.72. The highest BCUT2D eigenvalue weighted by molar-refractivity contribution is 5.91. The SMILES string of the molecule is C=C(C)C(=O)NCCCC(CCCCCCCCC)C(OC)=C(OC)OC. The number of rotatable bonds is 17. The third kappa shape index (κ3) is 11.6. The van der Waals surface area contributed by atoms with Crippen molar-refractivity contribution >= 4 is 5.91 Å². The number of unbranched alkanes of at least 4 members (excludes halogenated alkanes) is 6. The number of hydrogen-bond acceptors (Lipinski definition) is 4. The van der Waals surface area contributed by atoms with E-state index >= 15 is 0 Å². The molecule has 1 atom stereocenters. The lowest BCUT2D eigenvalue weighted by atomic mass is 9.93. The highest BCUT2D eigenvalue weighted by atomic mass is 16.7. The van der Waals surface area contributed by atoms with E-state index < -0.39 is 0 Å². The van der Waals surface area contributed by atoms with E-state index in [2.05, 4.69) is 18.8 Å². The molecule has 158 valence electrons. The molecule has 0 aliphatic carbocycles. The summed E-state index contributed by atoms with van der Waals surface area (Å²) in [6.45, 7) is 8.25. The number of carbonyl (C=O) groups excluding carboxylic acids is 1. The molecule has 1 unspecified atom stereocenters. The van der Waals surface area contributed by atoms with E-state index in [4.69, 9.17) is 14.2 Å². The number of allylic oxidation sites excluding steroid dienone is 1. The highest BCUT2D eigenvalue weighted by Crippen LogP contribution is 2.27. The number of nitrogens with one attached hydrogen (secondary N) is 1. The van der Waals surface area contributed by atoms with Crippen LogP contribution in [0.1, 0.15) is 78.1 Å². The van der Waals surface area contributed by atoms with E-state index in [1.165, 1.54) is 38.5 Å². The van der Waals surface area contributed by atoms with Crippen molar-refractivity contribution < 1.29 is 19.0 Å². The zero-order valence-electron chi connectivity index (χ0n) is 18.2. The van der Waals surface area contributed by atoms with Gasteiger partial charge >= 0.3 is 5.95 Å². The van der Waals surface area contributed by atoms with Gasteiger partial charge in [-0.1, -0.05) is 58.4 Å². The second kappa shape index (κ2) is 16.5. The van der Waals surface area contributed by atoms with Gasteiger partial charge in [0.25, 0.3) is 0 Å². The molecule has 0 radical (unpaired) electrons. The van der Waals surface area contributed by atoms with E-state index in [9.17, 15) is 4.79 Å². The van der Waals surface area contributed by atoms with Crippen LogP contribution in [-0.4, -0.2) is 33.8 Å². The quantitative estimate of drug-likeness (QED) is 0.210. The van der Waals surface area contributed by atoms with E-state index in [-0.39, 0.29) is 11.8 Å². The Morgan fingerprint density at radius 3 is 1.96 bits per heavy atom. The predicted molar refractivity (Wildman–Crippen MR) is 111 cm³/mol. The Balaban J connectivity index is 4.59. The Hall–Kier alpha value is -1.65.